The molecule has 0 bridgehead atoms. The summed E-state index contributed by atoms with van der Waals surface area (Å²) in [5.74, 6) is 1.55. The van der Waals surface area contributed by atoms with Crippen molar-refractivity contribution in [2.24, 2.45) is 5.41 Å². The first-order valence-corrected chi connectivity index (χ1v) is 17.1. The van der Waals surface area contributed by atoms with Crippen LogP contribution in [0.15, 0.2) is 67.3 Å². The van der Waals surface area contributed by atoms with Gasteiger partial charge in [0.1, 0.15) is 36.9 Å². The van der Waals surface area contributed by atoms with Crippen molar-refractivity contribution in [2.45, 2.75) is 101 Å². The van der Waals surface area contributed by atoms with Crippen LogP contribution in [-0.2, 0) is 33.3 Å². The maximum atomic E-state index is 12.4. The van der Waals surface area contributed by atoms with Crippen molar-refractivity contribution < 1.29 is 42.7 Å². The van der Waals surface area contributed by atoms with Crippen molar-refractivity contribution in [1.29, 1.82) is 4.35 Å². The Labute approximate surface area is 338 Å². The molecule has 0 saturated carbocycles. The summed E-state index contributed by atoms with van der Waals surface area (Å²) in [5.41, 5.74) is 2.29. The molecule has 3 aliphatic rings. The second-order valence-electron chi connectivity index (χ2n) is 12.0. The molecule has 304 valence electrons. The van der Waals surface area contributed by atoms with Crippen LogP contribution >= 0.6 is 0 Å². The number of hydrogen-bond acceptors (Lipinski definition) is 10. The molecule has 10 nitrogen and oxygen atoms in total. The maximum absolute atomic E-state index is 12.4. The van der Waals surface area contributed by atoms with Crippen LogP contribution in [0.25, 0.3) is 6.08 Å². The summed E-state index contributed by atoms with van der Waals surface area (Å²) < 4.78 is 40.9. The molecule has 2 aromatic rings. The molecular weight excluding hydrogens is 700 g/mol. The second kappa shape index (κ2) is 34.2. The van der Waals surface area contributed by atoms with Crippen LogP contribution in [0.1, 0.15) is 100 Å². The number of nitrogens with one attached hydrogen (secondary N) is 1. The zero-order valence-corrected chi connectivity index (χ0v) is 31.9. The molecule has 3 heterocycles. The SMILES string of the molecule is C.C.C.C.C1CCOC1.C=C(C)C(=O)OCC1CO1.C=Cc1ccc(OC)cc1.CCC(C)(CC(C)c1ccc(OC)cc1)C(=O)OCC1CO1.[B].[NH]=[Al]. The Morgan fingerprint density at radius 1 is 0.889 bits per heavy atom. The van der Waals surface area contributed by atoms with Crippen molar-refractivity contribution in [2.75, 3.05) is 53.9 Å². The Morgan fingerprint density at radius 3 is 1.65 bits per heavy atom. The zero-order valence-electron chi connectivity index (χ0n) is 30.7. The van der Waals surface area contributed by atoms with Crippen LogP contribution in [-0.4, -0.2) is 103 Å². The molecule has 0 amide bonds. The van der Waals surface area contributed by atoms with Crippen molar-refractivity contribution in [3.8, 4) is 11.5 Å². The number of hydrogen-bond donors (Lipinski definition) is 1. The van der Waals surface area contributed by atoms with Crippen molar-refractivity contribution in [3.63, 3.8) is 0 Å². The third-order valence-electron chi connectivity index (χ3n) is 7.85. The standard InChI is InChI=1S/C18H26O4.C9H10O.C7H10O3.C4H8O.4CH4.Al.B.HN/c1-5-18(3,17(19)22-12-16-11-21-16)10-13(2)14-6-8-15(20-4)9-7-14;1-3-8-4-6-9(10-2)7-5-8;1-5(2)7(8)10-4-6-3-9-6;1-2-4-5-3-1;;;;;;;/h6-9,13,16H,5,10-12H2,1-4H3;3-7H,1H2,2H3;6H,1,3-4H2,2H3;1-4H2;4*1H4;;;1H. The first-order valence-electron chi connectivity index (χ1n) is 16.5. The Balaban J connectivity index is -0.000000211. The topological polar surface area (TPSA) is 129 Å². The van der Waals surface area contributed by atoms with Gasteiger partial charge >= 0.3 is 32.4 Å². The Morgan fingerprint density at radius 2 is 1.31 bits per heavy atom. The predicted octanol–water partition coefficient (Wildman–Crippen LogP) is 9.27. The van der Waals surface area contributed by atoms with Crippen LogP contribution < -0.4 is 9.47 Å². The van der Waals surface area contributed by atoms with Crippen molar-refractivity contribution in [3.05, 3.63) is 78.4 Å². The van der Waals surface area contributed by atoms with E-state index in [1.807, 2.05) is 50.2 Å². The minimum atomic E-state index is -0.464. The summed E-state index contributed by atoms with van der Waals surface area (Å²) in [4.78, 5) is 23.1. The third-order valence-corrected chi connectivity index (χ3v) is 7.85. The van der Waals surface area contributed by atoms with E-state index in [0.29, 0.717) is 32.0 Å². The number of benzene rings is 2. The van der Waals surface area contributed by atoms with Gasteiger partial charge in [0, 0.05) is 27.2 Å². The van der Waals surface area contributed by atoms with E-state index >= 15 is 0 Å². The van der Waals surface area contributed by atoms with Gasteiger partial charge in [0.15, 0.2) is 0 Å². The molecule has 4 radical (unpaired) electrons. The first-order chi connectivity index (χ1) is 23.5. The molecule has 0 aromatic heterocycles. The van der Waals surface area contributed by atoms with E-state index in [0.717, 1.165) is 43.1 Å². The molecule has 12 heteroatoms. The van der Waals surface area contributed by atoms with Gasteiger partial charge in [-0.3, -0.25) is 4.79 Å². The zero-order chi connectivity index (χ0) is 36.7. The molecule has 4 unspecified atom stereocenters. The summed E-state index contributed by atoms with van der Waals surface area (Å²) in [6.07, 6.45) is 6.14. The van der Waals surface area contributed by atoms with Gasteiger partial charge in [0.2, 0.25) is 0 Å². The fourth-order valence-electron chi connectivity index (χ4n) is 4.31. The van der Waals surface area contributed by atoms with Crippen molar-refractivity contribution in [1.82, 2.24) is 0 Å². The quantitative estimate of drug-likeness (QED) is 0.0917. The number of methoxy groups -OCH3 is 2. The molecule has 3 aliphatic heterocycles. The number of carbonyl (C=O) groups is 2. The van der Waals surface area contributed by atoms with Gasteiger partial charge in [0.25, 0.3) is 0 Å². The summed E-state index contributed by atoms with van der Waals surface area (Å²) >= 11 is 1.67. The van der Waals surface area contributed by atoms with Gasteiger partial charge in [-0.1, -0.05) is 87.1 Å². The molecule has 3 fully saturated rings. The van der Waals surface area contributed by atoms with E-state index in [1.54, 1.807) is 43.3 Å². The summed E-state index contributed by atoms with van der Waals surface area (Å²) in [6, 6.07) is 15.8. The van der Waals surface area contributed by atoms with E-state index in [4.69, 9.17) is 37.5 Å². The van der Waals surface area contributed by atoms with E-state index in [9.17, 15) is 9.59 Å². The number of ether oxygens (including phenoxy) is 7. The molecule has 3 saturated heterocycles. The molecule has 0 spiro atoms. The summed E-state index contributed by atoms with van der Waals surface area (Å²) in [5, 5.41) is 0. The summed E-state index contributed by atoms with van der Waals surface area (Å²) in [7, 11) is 3.31. The third kappa shape index (κ3) is 25.7. The molecular formula is C42H71AlBNO9. The van der Waals surface area contributed by atoms with E-state index in [-0.39, 0.29) is 68.2 Å². The normalized spacial score (nSPS) is 16.5. The molecule has 4 atom stereocenters. The van der Waals surface area contributed by atoms with Gasteiger partial charge in [-0.05, 0) is 80.8 Å². The van der Waals surface area contributed by atoms with Crippen LogP contribution in [0.5, 0.6) is 11.5 Å². The average Bonchev–Trinajstić information content (AvgIpc) is 4.09. The minimum absolute atomic E-state index is 0. The monoisotopic (exact) mass is 772 g/mol. The van der Waals surface area contributed by atoms with E-state index < -0.39 is 5.41 Å². The molecule has 2 aromatic carbocycles. The number of rotatable bonds is 13. The predicted molar refractivity (Wildman–Crippen MR) is 225 cm³/mol. The Kier molecular flexibility index (Phi) is 38.0. The Hall–Kier alpha value is -3.26. The van der Waals surface area contributed by atoms with Gasteiger partial charge in [-0.25, -0.2) is 4.79 Å². The first kappa shape index (κ1) is 60.0. The van der Waals surface area contributed by atoms with Gasteiger partial charge < -0.3 is 33.2 Å². The number of esters is 2. The fraction of sp³-hybridized carbons (Fsp3) is 0.571. The van der Waals surface area contributed by atoms with E-state index in [1.165, 1.54) is 18.4 Å². The van der Waals surface area contributed by atoms with Crippen LogP contribution in [0.4, 0.5) is 0 Å². The molecule has 54 heavy (non-hydrogen) atoms. The molecule has 1 N–H and O–H groups in total. The Bertz CT molecular complexity index is 1240. The summed E-state index contributed by atoms with van der Waals surface area (Å²) in [6.45, 7) is 19.0. The second-order valence-corrected chi connectivity index (χ2v) is 12.0. The van der Waals surface area contributed by atoms with Crippen LogP contribution in [0, 0.1) is 9.76 Å². The number of epoxide rings is 2. The van der Waals surface area contributed by atoms with Gasteiger partial charge in [-0.2, -0.15) is 0 Å². The van der Waals surface area contributed by atoms with Crippen LogP contribution in [0.3, 0.4) is 0 Å². The van der Waals surface area contributed by atoms with Crippen LogP contribution in [0.2, 0.25) is 0 Å². The average molecular weight is 772 g/mol. The molecule has 5 rings (SSSR count). The fourth-order valence-corrected chi connectivity index (χ4v) is 4.31. The van der Waals surface area contributed by atoms with Gasteiger partial charge in [0.05, 0.1) is 32.8 Å². The molecule has 0 aliphatic carbocycles. The number of carbonyl (C=O) groups excluding carboxylic acids is 2. The van der Waals surface area contributed by atoms with Gasteiger partial charge in [-0.15, -0.1) is 0 Å². The van der Waals surface area contributed by atoms with Crippen molar-refractivity contribution >= 4 is 42.5 Å². The van der Waals surface area contributed by atoms with E-state index in [2.05, 4.69) is 32.2 Å².